The average Bonchev–Trinajstić information content (AvgIpc) is 1.60. The first kappa shape index (κ1) is 78.6. The molecular formula is C120H72N12O3. The Labute approximate surface area is 771 Å². The van der Waals surface area contributed by atoms with E-state index in [1.165, 1.54) is 16.2 Å². The second-order valence-corrected chi connectivity index (χ2v) is 33.3. The van der Waals surface area contributed by atoms with E-state index in [-0.39, 0.29) is 0 Å². The summed E-state index contributed by atoms with van der Waals surface area (Å²) in [5, 5.41) is 17.0. The maximum Gasteiger partial charge on any atom is 0.227 e. The Hall–Kier alpha value is -18.6. The first-order valence-corrected chi connectivity index (χ1v) is 44.7. The van der Waals surface area contributed by atoms with Gasteiger partial charge in [0.25, 0.3) is 0 Å². The van der Waals surface area contributed by atoms with Crippen molar-refractivity contribution in [3.63, 3.8) is 0 Å². The van der Waals surface area contributed by atoms with Crippen molar-refractivity contribution in [3.05, 3.63) is 437 Å². The number of rotatable bonds is 12. The molecule has 630 valence electrons. The molecule has 0 aliphatic heterocycles. The summed E-state index contributed by atoms with van der Waals surface area (Å²) in [7, 11) is 0. The molecule has 0 amide bonds. The summed E-state index contributed by atoms with van der Waals surface area (Å²) in [6, 6.07) is 144. The van der Waals surface area contributed by atoms with Crippen molar-refractivity contribution in [2.24, 2.45) is 0 Å². The largest absolute Gasteiger partial charge is 0.455 e. The van der Waals surface area contributed by atoms with Crippen molar-refractivity contribution >= 4 is 131 Å². The quantitative estimate of drug-likeness (QED) is 0.112. The lowest BCUT2D eigenvalue weighted by Crippen LogP contribution is -2.01. The Morgan fingerprint density at radius 1 is 0.170 bits per heavy atom. The Balaban J connectivity index is 0.000000108. The lowest BCUT2D eigenvalue weighted by atomic mass is 9.97. The standard InChI is InChI=1S/3C40H24N4O/c1-3-12-26(13-4-1)36-37-35(32-22-29-17-9-10-18-30(29)23-34(32)45-37)33(24-41-36)40-43-38(27-14-5-2-6-15-27)42-39(44-40)31-20-19-25-11-7-8-16-28(25)21-31;1-3-12-26(13-4-1)31-21-22-32(35-33-24-29-17-9-10-18-34(29)41-40(33)45-36(31)35)39-43-37(27-14-5-2-6-15-27)42-38(44-39)30-20-19-25-11-7-8-16-28(25)23-30;1-3-11-26(12-4-1)31-19-20-32(36-33-23-29-16-9-21-41-34(29)24-35(33)45-37(31)36)40-43-38(27-13-5-2-6-14-27)42-39(44-40)30-18-17-25-10-7-8-15-28(25)22-30/h3*1-24H. The Kier molecular flexibility index (Phi) is 19.5. The molecule has 9 heterocycles. The van der Waals surface area contributed by atoms with Crippen molar-refractivity contribution in [1.82, 2.24) is 59.8 Å². The minimum Gasteiger partial charge on any atom is -0.455 e. The van der Waals surface area contributed by atoms with Gasteiger partial charge < -0.3 is 13.3 Å². The highest BCUT2D eigenvalue weighted by atomic mass is 16.3. The SMILES string of the molecule is c1ccc(-c2nc(-c3ccc4ccccc4c3)nc(-c3ccc(-c4ccccc4)c4oc5cc6ncccc6cc5c34)n2)cc1.c1ccc(-c2nc(-c3ccc4ccccc4c3)nc(-c3ccc(-c4ccccc4)c4oc5nc6ccccc6cc5c34)n2)cc1.c1ccc(-c2nc(-c3ccc4ccccc4c3)nc(-c3cnc(-c4ccccc4)c4oc5cc6ccccc6cc5c34)n2)cc1. The van der Waals surface area contributed by atoms with Gasteiger partial charge in [0.1, 0.15) is 28.0 Å². The molecule has 18 aromatic carbocycles. The second kappa shape index (κ2) is 33.5. The molecular weight excluding hydrogens is 1660 g/mol. The number of fused-ring (bicyclic) bond motifs is 15. The molecule has 0 atom stereocenters. The monoisotopic (exact) mass is 1730 g/mol. The van der Waals surface area contributed by atoms with Crippen LogP contribution < -0.4 is 0 Å². The summed E-state index contributed by atoms with van der Waals surface area (Å²) in [4.78, 5) is 60.0. The van der Waals surface area contributed by atoms with Gasteiger partial charge in [-0.25, -0.2) is 49.8 Å². The topological polar surface area (TPSA) is 194 Å². The van der Waals surface area contributed by atoms with E-state index in [0.29, 0.717) is 63.7 Å². The number of benzene rings is 18. The Morgan fingerprint density at radius 3 is 0.963 bits per heavy atom. The van der Waals surface area contributed by atoms with E-state index < -0.39 is 0 Å². The van der Waals surface area contributed by atoms with Gasteiger partial charge in [-0.3, -0.25) is 9.97 Å². The smallest absolute Gasteiger partial charge is 0.227 e. The van der Waals surface area contributed by atoms with Crippen molar-refractivity contribution in [3.8, 4) is 136 Å². The highest BCUT2D eigenvalue weighted by Crippen LogP contribution is 2.47. The van der Waals surface area contributed by atoms with E-state index in [1.54, 1.807) is 0 Å². The molecule has 0 saturated heterocycles. The van der Waals surface area contributed by atoms with Crippen molar-refractivity contribution < 1.29 is 13.3 Å². The van der Waals surface area contributed by atoms with Crippen molar-refractivity contribution in [1.29, 1.82) is 0 Å². The predicted molar refractivity (Wildman–Crippen MR) is 545 cm³/mol. The van der Waals surface area contributed by atoms with Crippen LogP contribution in [-0.2, 0) is 0 Å². The van der Waals surface area contributed by atoms with Gasteiger partial charge in [-0.2, -0.15) is 0 Å². The normalized spacial score (nSPS) is 11.6. The van der Waals surface area contributed by atoms with Crippen LogP contribution >= 0.6 is 0 Å². The van der Waals surface area contributed by atoms with E-state index >= 15 is 0 Å². The third-order valence-electron chi connectivity index (χ3n) is 25.0. The fraction of sp³-hybridized carbons (Fsp3) is 0. The number of furan rings is 3. The summed E-state index contributed by atoms with van der Waals surface area (Å²) >= 11 is 0. The molecule has 9 aromatic heterocycles. The lowest BCUT2D eigenvalue weighted by Gasteiger charge is -2.11. The van der Waals surface area contributed by atoms with Crippen LogP contribution in [0.1, 0.15) is 0 Å². The number of nitrogens with zero attached hydrogens (tertiary/aromatic N) is 12. The third-order valence-corrected chi connectivity index (χ3v) is 25.0. The van der Waals surface area contributed by atoms with Gasteiger partial charge in [-0.1, -0.05) is 340 Å². The minimum absolute atomic E-state index is 0.542. The molecule has 0 aliphatic rings. The molecule has 15 heteroatoms. The number of aromatic nitrogens is 12. The second-order valence-electron chi connectivity index (χ2n) is 33.3. The summed E-state index contributed by atoms with van der Waals surface area (Å²) in [5.41, 5.74) is 20.1. The first-order chi connectivity index (χ1) is 66.8. The number of hydrogen-bond acceptors (Lipinski definition) is 15. The molecule has 0 saturated carbocycles. The van der Waals surface area contributed by atoms with Crippen LogP contribution in [0.3, 0.4) is 0 Å². The Morgan fingerprint density at radius 2 is 0.489 bits per heavy atom. The van der Waals surface area contributed by atoms with Crippen LogP contribution in [0.25, 0.3) is 267 Å². The van der Waals surface area contributed by atoms with E-state index in [9.17, 15) is 0 Å². The van der Waals surface area contributed by atoms with Gasteiger partial charge in [0.05, 0.1) is 11.0 Å². The summed E-state index contributed by atoms with van der Waals surface area (Å²) in [5.74, 6) is 5.36. The molecule has 0 radical (unpaired) electrons. The van der Waals surface area contributed by atoms with Crippen LogP contribution in [0.15, 0.2) is 450 Å². The molecule has 0 N–H and O–H groups in total. The molecule has 0 bridgehead atoms. The van der Waals surface area contributed by atoms with Gasteiger partial charge in [0.15, 0.2) is 58.0 Å². The van der Waals surface area contributed by atoms with Crippen LogP contribution in [0.5, 0.6) is 0 Å². The molecule has 15 nitrogen and oxygen atoms in total. The van der Waals surface area contributed by atoms with Crippen molar-refractivity contribution in [2.45, 2.75) is 0 Å². The van der Waals surface area contributed by atoms with Crippen molar-refractivity contribution in [2.75, 3.05) is 0 Å². The van der Waals surface area contributed by atoms with Crippen LogP contribution in [0.2, 0.25) is 0 Å². The highest BCUT2D eigenvalue weighted by Gasteiger charge is 2.28. The number of para-hydroxylation sites is 1. The maximum absolute atomic E-state index is 6.68. The zero-order chi connectivity index (χ0) is 89.2. The zero-order valence-electron chi connectivity index (χ0n) is 72.2. The van der Waals surface area contributed by atoms with E-state index in [4.69, 9.17) is 68.1 Å². The zero-order valence-corrected chi connectivity index (χ0v) is 72.2. The molecule has 0 spiro atoms. The molecule has 27 aromatic rings. The molecule has 0 unspecified atom stereocenters. The molecule has 135 heavy (non-hydrogen) atoms. The molecule has 0 aliphatic carbocycles. The molecule has 0 fully saturated rings. The third kappa shape index (κ3) is 14.7. The van der Waals surface area contributed by atoms with Gasteiger partial charge >= 0.3 is 0 Å². The summed E-state index contributed by atoms with van der Waals surface area (Å²) in [6.07, 6.45) is 3.69. The first-order valence-electron chi connectivity index (χ1n) is 44.7. The van der Waals surface area contributed by atoms with Gasteiger partial charge in [-0.05, 0) is 133 Å². The Bertz CT molecular complexity index is 8470. The van der Waals surface area contributed by atoms with E-state index in [0.717, 1.165) is 187 Å². The maximum atomic E-state index is 6.68. The van der Waals surface area contributed by atoms with E-state index in [2.05, 4.69) is 223 Å². The average molecular weight is 1730 g/mol. The van der Waals surface area contributed by atoms with Gasteiger partial charge in [0.2, 0.25) is 5.71 Å². The van der Waals surface area contributed by atoms with Gasteiger partial charge in [-0.15, -0.1) is 0 Å². The van der Waals surface area contributed by atoms with Crippen LogP contribution in [-0.4, -0.2) is 59.8 Å². The fourth-order valence-electron chi connectivity index (χ4n) is 18.4. The summed E-state index contributed by atoms with van der Waals surface area (Å²) in [6.45, 7) is 0. The lowest BCUT2D eigenvalue weighted by molar-refractivity contribution is 0.657. The minimum atomic E-state index is 0.542. The molecule has 27 rings (SSSR count). The van der Waals surface area contributed by atoms with Crippen LogP contribution in [0.4, 0.5) is 0 Å². The van der Waals surface area contributed by atoms with Crippen LogP contribution in [0, 0.1) is 0 Å². The fourth-order valence-corrected chi connectivity index (χ4v) is 18.4. The number of pyridine rings is 3. The van der Waals surface area contributed by atoms with E-state index in [1.807, 2.05) is 219 Å². The predicted octanol–water partition coefficient (Wildman–Crippen LogP) is 30.4. The van der Waals surface area contributed by atoms with Gasteiger partial charge in [0, 0.05) is 128 Å². The highest BCUT2D eigenvalue weighted by molar-refractivity contribution is 6.21. The summed E-state index contributed by atoms with van der Waals surface area (Å²) < 4.78 is 19.9. The number of hydrogen-bond donors (Lipinski definition) is 0.